The summed E-state index contributed by atoms with van der Waals surface area (Å²) in [5, 5.41) is 15.5. The van der Waals surface area contributed by atoms with Crippen LogP contribution >= 0.6 is 0 Å². The second-order valence-electron chi connectivity index (χ2n) is 3.29. The number of rotatable bonds is 5. The minimum Gasteiger partial charge on any atom is -0.373 e. The van der Waals surface area contributed by atoms with Gasteiger partial charge in [-0.05, 0) is 4.68 Å². The summed E-state index contributed by atoms with van der Waals surface area (Å²) < 4.78 is 2.08. The van der Waals surface area contributed by atoms with E-state index in [2.05, 4.69) is 25.9 Å². The van der Waals surface area contributed by atoms with Gasteiger partial charge in [0.05, 0.1) is 6.20 Å². The van der Waals surface area contributed by atoms with Gasteiger partial charge in [0, 0.05) is 12.4 Å². The van der Waals surface area contributed by atoms with Gasteiger partial charge in [0.2, 0.25) is 6.54 Å². The molecule has 1 N–H and O–H groups in total. The molecule has 2 aromatic rings. The molecule has 11 heteroatoms. The smallest absolute Gasteiger partial charge is 0.332 e. The Hall–Kier alpha value is -3.11. The van der Waals surface area contributed by atoms with Crippen LogP contribution in [0, 0.1) is 10.1 Å². The van der Waals surface area contributed by atoms with E-state index in [0.29, 0.717) is 5.82 Å². The second kappa shape index (κ2) is 5.48. The molecule has 98 valence electrons. The Kier molecular flexibility index (Phi) is 3.56. The monoisotopic (exact) mass is 264 g/mol. The number of hydrogen-bond acceptors (Lipinski definition) is 6. The van der Waals surface area contributed by atoms with Crippen LogP contribution in [-0.4, -0.2) is 30.7 Å². The zero-order chi connectivity index (χ0) is 13.7. The fourth-order valence-electron chi connectivity index (χ4n) is 1.22. The van der Waals surface area contributed by atoms with Crippen LogP contribution in [0.25, 0.3) is 5.53 Å². The lowest BCUT2D eigenvalue weighted by atomic mass is 10.5. The maximum absolute atomic E-state index is 11.6. The van der Waals surface area contributed by atoms with E-state index in [-0.39, 0.29) is 6.54 Å². The molecule has 0 aliphatic heterocycles. The first-order valence-corrected chi connectivity index (χ1v) is 4.99. The quantitative estimate of drug-likeness (QED) is 0.415. The van der Waals surface area contributed by atoms with Crippen molar-refractivity contribution in [2.45, 2.75) is 6.54 Å². The highest BCUT2D eigenvalue weighted by Crippen LogP contribution is 1.97. The van der Waals surface area contributed by atoms with Gasteiger partial charge in [0.25, 0.3) is 12.2 Å². The number of carbonyl (C=O) groups is 1. The zero-order valence-electron chi connectivity index (χ0n) is 9.45. The number of nitro groups is 1. The minimum atomic E-state index is -0.869. The highest BCUT2D eigenvalue weighted by Gasteiger charge is 2.13. The third-order valence-electron chi connectivity index (χ3n) is 1.88. The van der Waals surface area contributed by atoms with E-state index >= 15 is 0 Å². The van der Waals surface area contributed by atoms with Gasteiger partial charge in [-0.3, -0.25) is 15.3 Å². The molecule has 0 aliphatic rings. The van der Waals surface area contributed by atoms with Gasteiger partial charge in [-0.1, -0.05) is 0 Å². The van der Waals surface area contributed by atoms with Crippen molar-refractivity contribution in [3.63, 3.8) is 0 Å². The number of amides is 1. The molecule has 2 rings (SSSR count). The lowest BCUT2D eigenvalue weighted by molar-refractivity contribution is -0.738. The predicted octanol–water partition coefficient (Wildman–Crippen LogP) is -1.07. The van der Waals surface area contributed by atoms with Crippen molar-refractivity contribution in [2.75, 3.05) is 5.32 Å². The highest BCUT2D eigenvalue weighted by molar-refractivity contribution is 5.89. The molecule has 2 heterocycles. The molecule has 0 saturated heterocycles. The number of hydrogen-bond donors (Lipinski definition) is 1. The van der Waals surface area contributed by atoms with Crippen LogP contribution in [0.15, 0.2) is 31.2 Å². The first-order valence-electron chi connectivity index (χ1n) is 4.99. The van der Waals surface area contributed by atoms with Crippen molar-refractivity contribution in [3.05, 3.63) is 46.9 Å². The van der Waals surface area contributed by atoms with Crippen molar-refractivity contribution in [2.24, 2.45) is 0 Å². The summed E-state index contributed by atoms with van der Waals surface area (Å²) in [7, 11) is 0. The Morgan fingerprint density at radius 1 is 1.58 bits per heavy atom. The first-order chi connectivity index (χ1) is 9.13. The molecule has 0 aromatic carbocycles. The molecule has 0 unspecified atom stereocenters. The van der Waals surface area contributed by atoms with Crippen molar-refractivity contribution < 1.29 is 14.5 Å². The third-order valence-corrected chi connectivity index (χ3v) is 1.88. The summed E-state index contributed by atoms with van der Waals surface area (Å²) >= 11 is 0. The molecule has 0 radical (unpaired) electrons. The van der Waals surface area contributed by atoms with Crippen LogP contribution in [0.3, 0.4) is 0 Å². The predicted molar refractivity (Wildman–Crippen MR) is 58.8 cm³/mol. The lowest BCUT2D eigenvalue weighted by Crippen LogP contribution is -2.29. The van der Waals surface area contributed by atoms with Crippen LogP contribution in [0.5, 0.6) is 0 Å². The molecular formula is C8H8N8O3. The van der Waals surface area contributed by atoms with Crippen molar-refractivity contribution in [1.82, 2.24) is 19.7 Å². The molecule has 0 fully saturated rings. The standard InChI is InChI=1S/C8H8N8O3/c17-8(12-7-3-9-1-2-10-7)4-14-6-15(5-11-14)13-16(18)19/h1-3,5-6H,4H2,(H,10,12,17). The molecule has 0 aliphatic carbocycles. The average molecular weight is 264 g/mol. The summed E-state index contributed by atoms with van der Waals surface area (Å²) in [6.07, 6.45) is 6.62. The van der Waals surface area contributed by atoms with Gasteiger partial charge in [-0.15, -0.1) is 5.03 Å². The van der Waals surface area contributed by atoms with Crippen LogP contribution in [-0.2, 0) is 11.3 Å². The van der Waals surface area contributed by atoms with Crippen molar-refractivity contribution in [1.29, 1.82) is 0 Å². The SMILES string of the molecule is O=C(Cn1c[n+]([N-][N+](=O)[O-])cn1)Nc1cnccn1. The number of carbonyl (C=O) groups excluding carboxylic acids is 1. The van der Waals surface area contributed by atoms with Crippen molar-refractivity contribution >= 4 is 11.7 Å². The first kappa shape index (κ1) is 12.3. The summed E-state index contributed by atoms with van der Waals surface area (Å²) in [6.45, 7) is -0.128. The lowest BCUT2D eigenvalue weighted by Gasteiger charge is -2.07. The second-order valence-corrected chi connectivity index (χ2v) is 3.29. The van der Waals surface area contributed by atoms with E-state index in [1.807, 2.05) is 0 Å². The number of aromatic nitrogens is 5. The summed E-state index contributed by atoms with van der Waals surface area (Å²) in [5.41, 5.74) is 2.97. The molecule has 0 spiro atoms. The average Bonchev–Trinajstić information content (AvgIpc) is 2.76. The molecular weight excluding hydrogens is 256 g/mol. The number of anilines is 1. The van der Waals surface area contributed by atoms with Crippen LogP contribution in [0.2, 0.25) is 0 Å². The van der Waals surface area contributed by atoms with Crippen LogP contribution in [0.4, 0.5) is 5.82 Å². The molecule has 0 saturated carbocycles. The molecule has 2 aromatic heterocycles. The van der Waals surface area contributed by atoms with E-state index in [1.165, 1.54) is 29.6 Å². The molecule has 11 nitrogen and oxygen atoms in total. The highest BCUT2D eigenvalue weighted by atomic mass is 16.7. The number of nitrogens with one attached hydrogen (secondary N) is 1. The fourth-order valence-corrected chi connectivity index (χ4v) is 1.22. The maximum atomic E-state index is 11.6. The van der Waals surface area contributed by atoms with E-state index in [1.54, 1.807) is 0 Å². The Labute approximate surface area is 106 Å². The number of nitrogens with zero attached hydrogens (tertiary/aromatic N) is 7. The zero-order valence-corrected chi connectivity index (χ0v) is 9.45. The van der Waals surface area contributed by atoms with Gasteiger partial charge in [-0.25, -0.2) is 9.66 Å². The van der Waals surface area contributed by atoms with Gasteiger partial charge in [0.1, 0.15) is 5.10 Å². The van der Waals surface area contributed by atoms with Gasteiger partial charge < -0.3 is 15.4 Å². The topological polar surface area (TPSA) is 134 Å². The van der Waals surface area contributed by atoms with Crippen molar-refractivity contribution in [3.8, 4) is 0 Å². The van der Waals surface area contributed by atoms with Gasteiger partial charge in [-0.2, -0.15) is 0 Å². The summed E-state index contributed by atoms with van der Waals surface area (Å²) in [4.78, 5) is 29.4. The van der Waals surface area contributed by atoms with E-state index in [4.69, 9.17) is 0 Å². The van der Waals surface area contributed by atoms with E-state index < -0.39 is 10.9 Å². The minimum absolute atomic E-state index is 0.128. The van der Waals surface area contributed by atoms with E-state index in [9.17, 15) is 14.9 Å². The Balaban J connectivity index is 1.92. The third kappa shape index (κ3) is 3.69. The van der Waals surface area contributed by atoms with Gasteiger partial charge >= 0.3 is 6.33 Å². The normalized spacial score (nSPS) is 9.89. The fraction of sp³-hybridized carbons (Fsp3) is 0.125. The van der Waals surface area contributed by atoms with Crippen LogP contribution < -0.4 is 9.99 Å². The molecule has 0 atom stereocenters. The Bertz CT molecular complexity index is 583. The van der Waals surface area contributed by atoms with Crippen LogP contribution in [0.1, 0.15) is 0 Å². The van der Waals surface area contributed by atoms with Gasteiger partial charge in [0.15, 0.2) is 5.82 Å². The maximum Gasteiger partial charge on any atom is 0.332 e. The van der Waals surface area contributed by atoms with E-state index in [0.717, 1.165) is 11.0 Å². The summed E-state index contributed by atoms with van der Waals surface area (Å²) in [6, 6.07) is 0. The Morgan fingerprint density at radius 3 is 3.11 bits per heavy atom. The largest absolute Gasteiger partial charge is 0.373 e. The molecule has 0 bridgehead atoms. The Morgan fingerprint density at radius 2 is 2.42 bits per heavy atom. The molecule has 1 amide bonds. The summed E-state index contributed by atoms with van der Waals surface area (Å²) in [5.74, 6) is -0.0839. The molecule has 19 heavy (non-hydrogen) atoms.